The molecule has 8 heteroatoms. The second-order valence-electron chi connectivity index (χ2n) is 6.46. The monoisotopic (exact) mass is 400 g/mol. The van der Waals surface area contributed by atoms with Gasteiger partial charge in [-0.3, -0.25) is 9.59 Å². The number of H-pyrrole nitrogens is 1. The highest BCUT2D eigenvalue weighted by Crippen LogP contribution is 2.20. The van der Waals surface area contributed by atoms with E-state index in [-0.39, 0.29) is 11.5 Å². The van der Waals surface area contributed by atoms with Crippen LogP contribution in [0.4, 0.5) is 0 Å². The Labute approximate surface area is 168 Å². The van der Waals surface area contributed by atoms with E-state index in [0.29, 0.717) is 22.6 Å². The molecule has 8 nitrogen and oxygen atoms in total. The second-order valence-corrected chi connectivity index (χ2v) is 6.46. The highest BCUT2D eigenvalue weighted by Gasteiger charge is 2.26. The number of benzene rings is 1. The van der Waals surface area contributed by atoms with Crippen molar-refractivity contribution in [3.63, 3.8) is 0 Å². The van der Waals surface area contributed by atoms with Crippen LogP contribution in [0, 0.1) is 13.8 Å². The summed E-state index contributed by atoms with van der Waals surface area (Å²) in [6, 6.07) is 7.09. The molecule has 0 aliphatic carbocycles. The topological polar surface area (TPSA) is 107 Å². The largest absolute Gasteiger partial charge is 0.497 e. The molecule has 1 heterocycles. The van der Waals surface area contributed by atoms with Crippen LogP contribution >= 0.6 is 0 Å². The lowest BCUT2D eigenvalue weighted by atomic mass is 10.0. The number of aromatic nitrogens is 1. The van der Waals surface area contributed by atoms with Gasteiger partial charge in [-0.25, -0.2) is 4.79 Å². The summed E-state index contributed by atoms with van der Waals surface area (Å²) in [6.45, 7) is 5.85. The van der Waals surface area contributed by atoms with Crippen LogP contribution in [0.5, 0.6) is 5.75 Å². The molecule has 1 aromatic carbocycles. The maximum atomic E-state index is 12.6. The minimum Gasteiger partial charge on any atom is -0.497 e. The highest BCUT2D eigenvalue weighted by atomic mass is 16.7. The molecule has 1 aromatic heterocycles. The Bertz CT molecular complexity index is 927. The van der Waals surface area contributed by atoms with Crippen molar-refractivity contribution in [2.75, 3.05) is 13.7 Å². The number of oxime groups is 1. The number of aromatic amines is 1. The number of aryl methyl sites for hydroxylation is 1. The van der Waals surface area contributed by atoms with Crippen molar-refractivity contribution in [2.45, 2.75) is 33.8 Å². The maximum Gasteiger partial charge on any atom is 0.347 e. The lowest BCUT2D eigenvalue weighted by Crippen LogP contribution is -2.27. The number of carbonyl (C=O) groups is 3. The van der Waals surface area contributed by atoms with E-state index in [1.165, 1.54) is 20.1 Å². The smallest absolute Gasteiger partial charge is 0.347 e. The third-order valence-corrected chi connectivity index (χ3v) is 4.29. The number of carbonyl (C=O) groups excluding carboxylic acids is 3. The first-order valence-electron chi connectivity index (χ1n) is 8.97. The zero-order chi connectivity index (χ0) is 21.6. The van der Waals surface area contributed by atoms with Gasteiger partial charge in [-0.1, -0.05) is 5.16 Å². The van der Waals surface area contributed by atoms with Crippen LogP contribution in [0.3, 0.4) is 0 Å². The van der Waals surface area contributed by atoms with Crippen molar-refractivity contribution in [1.82, 2.24) is 4.98 Å². The molecule has 1 N–H and O–H groups in total. The molecule has 0 spiro atoms. The average molecular weight is 400 g/mol. The number of ketones is 2. The van der Waals surface area contributed by atoms with Gasteiger partial charge in [0.1, 0.15) is 5.75 Å². The number of methoxy groups -OCH3 is 1. The minimum absolute atomic E-state index is 0.136. The molecular weight excluding hydrogens is 376 g/mol. The fourth-order valence-corrected chi connectivity index (χ4v) is 2.89. The lowest BCUT2D eigenvalue weighted by molar-refractivity contribution is -0.151. The van der Waals surface area contributed by atoms with E-state index in [2.05, 4.69) is 10.1 Å². The van der Waals surface area contributed by atoms with Gasteiger partial charge >= 0.3 is 5.97 Å². The Morgan fingerprint density at radius 2 is 1.83 bits per heavy atom. The second kappa shape index (κ2) is 9.68. The standard InChI is InChI=1S/C21H24N2O6/c1-12-19(14(3)24)13(2)23-20(12)21(26)15(4)29-18(25)11-28-22-10-16-6-8-17(27-5)9-7-16/h6-10,15,23H,11H2,1-5H3/b22-10-/t15-/m0/s1. The molecule has 0 amide bonds. The van der Waals surface area contributed by atoms with E-state index < -0.39 is 24.5 Å². The van der Waals surface area contributed by atoms with E-state index in [0.717, 1.165) is 5.56 Å². The summed E-state index contributed by atoms with van der Waals surface area (Å²) >= 11 is 0. The van der Waals surface area contributed by atoms with Crippen LogP contribution in [-0.4, -0.2) is 48.6 Å². The molecule has 2 aromatic rings. The van der Waals surface area contributed by atoms with E-state index in [1.54, 1.807) is 45.2 Å². The van der Waals surface area contributed by atoms with Crippen LogP contribution in [0.25, 0.3) is 0 Å². The summed E-state index contributed by atoms with van der Waals surface area (Å²) in [5.74, 6) is -0.574. The normalized spacial score (nSPS) is 11.9. The molecule has 0 radical (unpaired) electrons. The third-order valence-electron chi connectivity index (χ3n) is 4.29. The van der Waals surface area contributed by atoms with Crippen LogP contribution < -0.4 is 4.74 Å². The van der Waals surface area contributed by atoms with E-state index >= 15 is 0 Å². The Balaban J connectivity index is 1.88. The van der Waals surface area contributed by atoms with Gasteiger partial charge < -0.3 is 19.3 Å². The number of nitrogens with zero attached hydrogens (tertiary/aromatic N) is 1. The molecule has 0 bridgehead atoms. The van der Waals surface area contributed by atoms with Crippen LogP contribution in [0.2, 0.25) is 0 Å². The number of esters is 1. The SMILES string of the molecule is COc1ccc(/C=N\OCC(=O)O[C@@H](C)C(=O)c2[nH]c(C)c(C(C)=O)c2C)cc1. The molecule has 0 saturated carbocycles. The maximum absolute atomic E-state index is 12.6. The van der Waals surface area contributed by atoms with Crippen molar-refractivity contribution in [1.29, 1.82) is 0 Å². The fourth-order valence-electron chi connectivity index (χ4n) is 2.89. The summed E-state index contributed by atoms with van der Waals surface area (Å²) in [5, 5.41) is 3.70. The first-order chi connectivity index (χ1) is 13.7. The number of hydrogen-bond donors (Lipinski definition) is 1. The van der Waals surface area contributed by atoms with Crippen LogP contribution in [0.15, 0.2) is 29.4 Å². The summed E-state index contributed by atoms with van der Waals surface area (Å²) in [5.41, 5.74) is 2.65. The molecule has 0 fully saturated rings. The summed E-state index contributed by atoms with van der Waals surface area (Å²) in [4.78, 5) is 44.0. The number of Topliss-reactive ketones (excluding diaryl/α,β-unsaturated/α-hetero) is 2. The van der Waals surface area contributed by atoms with Crippen molar-refractivity contribution >= 4 is 23.8 Å². The Morgan fingerprint density at radius 3 is 2.38 bits per heavy atom. The van der Waals surface area contributed by atoms with Crippen molar-refractivity contribution < 1.29 is 28.7 Å². The number of rotatable bonds is 9. The first kappa shape index (κ1) is 21.9. The summed E-state index contributed by atoms with van der Waals surface area (Å²) in [6.07, 6.45) is 0.406. The molecule has 1 atom stereocenters. The minimum atomic E-state index is -1.03. The van der Waals surface area contributed by atoms with Crippen molar-refractivity contribution in [2.24, 2.45) is 5.16 Å². The zero-order valence-corrected chi connectivity index (χ0v) is 17.1. The summed E-state index contributed by atoms with van der Waals surface area (Å²) < 4.78 is 10.2. The zero-order valence-electron chi connectivity index (χ0n) is 17.1. The van der Waals surface area contributed by atoms with Crippen LogP contribution in [0.1, 0.15) is 51.5 Å². The van der Waals surface area contributed by atoms with Crippen molar-refractivity contribution in [3.05, 3.63) is 52.3 Å². The number of nitrogens with one attached hydrogen (secondary N) is 1. The summed E-state index contributed by atoms with van der Waals surface area (Å²) in [7, 11) is 1.57. The molecule has 0 unspecified atom stereocenters. The Morgan fingerprint density at radius 1 is 1.17 bits per heavy atom. The van der Waals surface area contributed by atoms with Gasteiger partial charge in [0.15, 0.2) is 11.9 Å². The number of ether oxygens (including phenoxy) is 2. The Hall–Kier alpha value is -3.42. The van der Waals surface area contributed by atoms with Gasteiger partial charge in [0.05, 0.1) is 19.0 Å². The van der Waals surface area contributed by atoms with Crippen molar-refractivity contribution in [3.8, 4) is 5.75 Å². The lowest BCUT2D eigenvalue weighted by Gasteiger charge is -2.11. The van der Waals surface area contributed by atoms with Gasteiger partial charge in [0.2, 0.25) is 12.4 Å². The van der Waals surface area contributed by atoms with Gasteiger partial charge in [-0.05, 0) is 63.1 Å². The van der Waals surface area contributed by atoms with Gasteiger partial charge in [0, 0.05) is 11.3 Å². The van der Waals surface area contributed by atoms with E-state index in [4.69, 9.17) is 14.3 Å². The molecule has 0 saturated heterocycles. The molecule has 29 heavy (non-hydrogen) atoms. The Kier molecular flexibility index (Phi) is 7.30. The quantitative estimate of drug-likeness (QED) is 0.300. The molecular formula is C21H24N2O6. The van der Waals surface area contributed by atoms with E-state index in [9.17, 15) is 14.4 Å². The predicted octanol–water partition coefficient (Wildman–Crippen LogP) is 3.01. The van der Waals surface area contributed by atoms with Gasteiger partial charge in [-0.2, -0.15) is 0 Å². The highest BCUT2D eigenvalue weighted by molar-refractivity contribution is 6.05. The third kappa shape index (κ3) is 5.54. The molecule has 2 rings (SSSR count). The molecule has 154 valence electrons. The number of hydrogen-bond acceptors (Lipinski definition) is 7. The average Bonchev–Trinajstić information content (AvgIpc) is 2.99. The fraction of sp³-hybridized carbons (Fsp3) is 0.333. The molecule has 0 aliphatic heterocycles. The molecule has 0 aliphatic rings. The van der Waals surface area contributed by atoms with Gasteiger partial charge in [-0.15, -0.1) is 0 Å². The first-order valence-corrected chi connectivity index (χ1v) is 8.97. The van der Waals surface area contributed by atoms with E-state index in [1.807, 2.05) is 0 Å². The predicted molar refractivity (Wildman–Crippen MR) is 107 cm³/mol. The van der Waals surface area contributed by atoms with Crippen LogP contribution in [-0.2, 0) is 14.4 Å². The van der Waals surface area contributed by atoms with Gasteiger partial charge in [0.25, 0.3) is 0 Å².